The molecule has 0 atom stereocenters. The number of ether oxygens (including phenoxy) is 1. The molecule has 4 nitrogen and oxygen atoms in total. The summed E-state index contributed by atoms with van der Waals surface area (Å²) >= 11 is 0. The summed E-state index contributed by atoms with van der Waals surface area (Å²) in [6.45, 7) is 5.04. The highest BCUT2D eigenvalue weighted by molar-refractivity contribution is 5.77. The molecule has 0 saturated heterocycles. The quantitative estimate of drug-likeness (QED) is 0.852. The summed E-state index contributed by atoms with van der Waals surface area (Å²) in [5.41, 5.74) is 7.75. The Morgan fingerprint density at radius 3 is 2.63 bits per heavy atom. The summed E-state index contributed by atoms with van der Waals surface area (Å²) in [6, 6.07) is 6.20. The molecule has 0 heterocycles. The lowest BCUT2D eigenvalue weighted by Gasteiger charge is -2.17. The van der Waals surface area contributed by atoms with E-state index >= 15 is 0 Å². The molecule has 0 aliphatic carbocycles. The average molecular weight is 264 g/mol. The molecule has 0 unspecified atom stereocenters. The van der Waals surface area contributed by atoms with Crippen molar-refractivity contribution < 1.29 is 9.53 Å². The second kappa shape index (κ2) is 7.14. The molecular formula is C15H24N2O2. The molecule has 0 aromatic heterocycles. The molecule has 106 valence electrons. The van der Waals surface area contributed by atoms with E-state index in [-0.39, 0.29) is 12.5 Å². The van der Waals surface area contributed by atoms with Crippen LogP contribution in [0.5, 0.6) is 5.75 Å². The molecule has 0 fully saturated rings. The SMILES string of the molecule is COc1ccc(CCN(C)C(=O)CN)cc1C(C)C. The minimum atomic E-state index is -0.0300. The highest BCUT2D eigenvalue weighted by atomic mass is 16.5. The van der Waals surface area contributed by atoms with Crippen molar-refractivity contribution in [2.24, 2.45) is 5.73 Å². The summed E-state index contributed by atoms with van der Waals surface area (Å²) < 4.78 is 5.36. The van der Waals surface area contributed by atoms with E-state index in [1.807, 2.05) is 12.1 Å². The van der Waals surface area contributed by atoms with Gasteiger partial charge in [0.05, 0.1) is 13.7 Å². The van der Waals surface area contributed by atoms with Gasteiger partial charge in [0.25, 0.3) is 0 Å². The van der Waals surface area contributed by atoms with E-state index in [9.17, 15) is 4.79 Å². The molecule has 1 aromatic carbocycles. The van der Waals surface area contributed by atoms with Gasteiger partial charge < -0.3 is 15.4 Å². The topological polar surface area (TPSA) is 55.6 Å². The van der Waals surface area contributed by atoms with Crippen LogP contribution in [0, 0.1) is 0 Å². The molecular weight excluding hydrogens is 240 g/mol. The van der Waals surface area contributed by atoms with Crippen LogP contribution in [-0.2, 0) is 11.2 Å². The summed E-state index contributed by atoms with van der Waals surface area (Å²) in [5, 5.41) is 0. The lowest BCUT2D eigenvalue weighted by atomic mass is 9.98. The summed E-state index contributed by atoms with van der Waals surface area (Å²) in [7, 11) is 3.47. The number of amides is 1. The minimum Gasteiger partial charge on any atom is -0.496 e. The number of methoxy groups -OCH3 is 1. The van der Waals surface area contributed by atoms with Crippen molar-refractivity contribution in [3.63, 3.8) is 0 Å². The second-order valence-corrected chi connectivity index (χ2v) is 5.00. The molecule has 4 heteroatoms. The van der Waals surface area contributed by atoms with Crippen LogP contribution in [0.4, 0.5) is 0 Å². The van der Waals surface area contributed by atoms with Gasteiger partial charge in [-0.15, -0.1) is 0 Å². The number of nitrogens with zero attached hydrogens (tertiary/aromatic N) is 1. The number of nitrogens with two attached hydrogens (primary N) is 1. The van der Waals surface area contributed by atoms with Crippen LogP contribution in [-0.4, -0.2) is 38.1 Å². The van der Waals surface area contributed by atoms with Crippen molar-refractivity contribution in [1.29, 1.82) is 0 Å². The molecule has 19 heavy (non-hydrogen) atoms. The maximum Gasteiger partial charge on any atom is 0.236 e. The number of hydrogen-bond acceptors (Lipinski definition) is 3. The smallest absolute Gasteiger partial charge is 0.236 e. The minimum absolute atomic E-state index is 0.0300. The van der Waals surface area contributed by atoms with Crippen LogP contribution < -0.4 is 10.5 Å². The summed E-state index contributed by atoms with van der Waals surface area (Å²) in [4.78, 5) is 13.1. The molecule has 1 amide bonds. The van der Waals surface area contributed by atoms with Gasteiger partial charge in [-0.1, -0.05) is 26.0 Å². The molecule has 0 radical (unpaired) electrons. The Labute approximate surface area is 115 Å². The van der Waals surface area contributed by atoms with Crippen LogP contribution in [0.15, 0.2) is 18.2 Å². The van der Waals surface area contributed by atoms with Crippen LogP contribution in [0.3, 0.4) is 0 Å². The van der Waals surface area contributed by atoms with E-state index in [0.717, 1.165) is 12.2 Å². The molecule has 0 aliphatic rings. The third kappa shape index (κ3) is 4.24. The number of carbonyl (C=O) groups excluding carboxylic acids is 1. The first kappa shape index (κ1) is 15.5. The van der Waals surface area contributed by atoms with Gasteiger partial charge in [0.2, 0.25) is 5.91 Å². The highest BCUT2D eigenvalue weighted by Gasteiger charge is 2.10. The first-order valence-electron chi connectivity index (χ1n) is 6.60. The fourth-order valence-electron chi connectivity index (χ4n) is 1.97. The Hall–Kier alpha value is -1.55. The Morgan fingerprint density at radius 2 is 2.11 bits per heavy atom. The Morgan fingerprint density at radius 1 is 1.42 bits per heavy atom. The van der Waals surface area contributed by atoms with E-state index in [0.29, 0.717) is 12.5 Å². The van der Waals surface area contributed by atoms with Gasteiger partial charge in [0.1, 0.15) is 5.75 Å². The van der Waals surface area contributed by atoms with E-state index in [1.165, 1.54) is 11.1 Å². The zero-order valence-electron chi connectivity index (χ0n) is 12.3. The van der Waals surface area contributed by atoms with Crippen LogP contribution in [0.2, 0.25) is 0 Å². The van der Waals surface area contributed by atoms with Crippen LogP contribution in [0.1, 0.15) is 30.9 Å². The largest absolute Gasteiger partial charge is 0.496 e. The first-order chi connectivity index (χ1) is 8.99. The first-order valence-corrected chi connectivity index (χ1v) is 6.60. The Balaban J connectivity index is 2.75. The second-order valence-electron chi connectivity index (χ2n) is 5.00. The molecule has 0 spiro atoms. The molecule has 1 aromatic rings. The number of carbonyl (C=O) groups is 1. The number of rotatable bonds is 6. The molecule has 0 bridgehead atoms. The average Bonchev–Trinajstić information content (AvgIpc) is 2.43. The van der Waals surface area contributed by atoms with Gasteiger partial charge in [-0.05, 0) is 29.5 Å². The number of benzene rings is 1. The van der Waals surface area contributed by atoms with Gasteiger partial charge in [-0.3, -0.25) is 4.79 Å². The Bertz CT molecular complexity index is 430. The normalized spacial score (nSPS) is 10.6. The van der Waals surface area contributed by atoms with Crippen molar-refractivity contribution >= 4 is 5.91 Å². The van der Waals surface area contributed by atoms with Crippen molar-refractivity contribution in [2.75, 3.05) is 27.2 Å². The summed E-state index contributed by atoms with van der Waals surface area (Å²) in [5.74, 6) is 1.31. The third-order valence-electron chi connectivity index (χ3n) is 3.25. The standard InChI is InChI=1S/C15H24N2O2/c1-11(2)13-9-12(5-6-14(13)19-4)7-8-17(3)15(18)10-16/h5-6,9,11H,7-8,10,16H2,1-4H3. The maximum atomic E-state index is 11.4. The molecule has 2 N–H and O–H groups in total. The van der Waals surface area contributed by atoms with Gasteiger partial charge in [-0.2, -0.15) is 0 Å². The lowest BCUT2D eigenvalue weighted by Crippen LogP contribution is -2.34. The number of hydrogen-bond donors (Lipinski definition) is 1. The van der Waals surface area contributed by atoms with E-state index in [1.54, 1.807) is 19.1 Å². The van der Waals surface area contributed by atoms with E-state index < -0.39 is 0 Å². The van der Waals surface area contributed by atoms with Crippen molar-refractivity contribution in [1.82, 2.24) is 4.90 Å². The molecule has 0 saturated carbocycles. The predicted molar refractivity (Wildman–Crippen MR) is 77.5 cm³/mol. The number of likely N-dealkylation sites (N-methyl/N-ethyl adjacent to an activating group) is 1. The lowest BCUT2D eigenvalue weighted by molar-refractivity contribution is -0.128. The van der Waals surface area contributed by atoms with Gasteiger partial charge >= 0.3 is 0 Å². The van der Waals surface area contributed by atoms with Crippen molar-refractivity contribution in [3.8, 4) is 5.75 Å². The van der Waals surface area contributed by atoms with Crippen LogP contribution >= 0.6 is 0 Å². The highest BCUT2D eigenvalue weighted by Crippen LogP contribution is 2.27. The van der Waals surface area contributed by atoms with Crippen LogP contribution in [0.25, 0.3) is 0 Å². The Kier molecular flexibility index (Phi) is 5.83. The van der Waals surface area contributed by atoms with E-state index in [4.69, 9.17) is 10.5 Å². The van der Waals surface area contributed by atoms with Gasteiger partial charge in [0, 0.05) is 13.6 Å². The zero-order chi connectivity index (χ0) is 14.4. The fraction of sp³-hybridized carbons (Fsp3) is 0.533. The summed E-state index contributed by atoms with van der Waals surface area (Å²) in [6.07, 6.45) is 0.825. The third-order valence-corrected chi connectivity index (χ3v) is 3.25. The van der Waals surface area contributed by atoms with Crippen molar-refractivity contribution in [3.05, 3.63) is 29.3 Å². The van der Waals surface area contributed by atoms with Crippen molar-refractivity contribution in [2.45, 2.75) is 26.2 Å². The molecule has 1 rings (SSSR count). The fourth-order valence-corrected chi connectivity index (χ4v) is 1.97. The maximum absolute atomic E-state index is 11.4. The monoisotopic (exact) mass is 264 g/mol. The van der Waals surface area contributed by atoms with Gasteiger partial charge in [0.15, 0.2) is 0 Å². The van der Waals surface area contributed by atoms with Gasteiger partial charge in [-0.25, -0.2) is 0 Å². The van der Waals surface area contributed by atoms with E-state index in [2.05, 4.69) is 19.9 Å². The predicted octanol–water partition coefficient (Wildman–Crippen LogP) is 1.78. The zero-order valence-corrected chi connectivity index (χ0v) is 12.3. The molecule has 0 aliphatic heterocycles.